The van der Waals surface area contributed by atoms with Crippen molar-refractivity contribution in [3.63, 3.8) is 0 Å². The van der Waals surface area contributed by atoms with Gasteiger partial charge in [0.05, 0.1) is 6.54 Å². The van der Waals surface area contributed by atoms with Gasteiger partial charge in [0, 0.05) is 24.5 Å². The molecule has 1 aromatic heterocycles. The normalized spacial score (nSPS) is 14.8. The molecule has 1 aliphatic heterocycles. The highest BCUT2D eigenvalue weighted by Gasteiger charge is 2.17. The molecule has 2 heterocycles. The van der Waals surface area contributed by atoms with Gasteiger partial charge in [-0.15, -0.1) is 36.2 Å². The minimum atomic E-state index is 0. The van der Waals surface area contributed by atoms with Gasteiger partial charge in [-0.3, -0.25) is 4.79 Å². The summed E-state index contributed by atoms with van der Waals surface area (Å²) in [6.45, 7) is 4.99. The van der Waals surface area contributed by atoms with E-state index in [-0.39, 0.29) is 30.7 Å². The fourth-order valence-electron chi connectivity index (χ4n) is 2.56. The van der Waals surface area contributed by atoms with Crippen LogP contribution in [0.15, 0.2) is 6.20 Å². The monoisotopic (exact) mass is 367 g/mol. The molecule has 0 saturated carbocycles. The Morgan fingerprint density at radius 3 is 2.68 bits per heavy atom. The van der Waals surface area contributed by atoms with Crippen LogP contribution in [0, 0.1) is 5.92 Å². The smallest absolute Gasteiger partial charge is 0.222 e. The van der Waals surface area contributed by atoms with Crippen molar-refractivity contribution >= 4 is 42.1 Å². The summed E-state index contributed by atoms with van der Waals surface area (Å²) >= 11 is 1.71. The number of hydrogen-bond acceptors (Lipinski definition) is 4. The quantitative estimate of drug-likeness (QED) is 0.838. The molecule has 128 valence electrons. The SMILES string of the molecule is CCc1cnc(CN(C)C(=O)CCC2CCNCC2)s1.Cl.Cl. The van der Waals surface area contributed by atoms with Crippen LogP contribution < -0.4 is 5.32 Å². The summed E-state index contributed by atoms with van der Waals surface area (Å²) in [6, 6.07) is 0. The van der Waals surface area contributed by atoms with Gasteiger partial charge >= 0.3 is 0 Å². The van der Waals surface area contributed by atoms with Crippen molar-refractivity contribution in [2.45, 2.75) is 45.6 Å². The number of carbonyl (C=O) groups excluding carboxylic acids is 1. The number of rotatable bonds is 6. The topological polar surface area (TPSA) is 45.2 Å². The Bertz CT molecular complexity index is 436. The molecule has 22 heavy (non-hydrogen) atoms. The van der Waals surface area contributed by atoms with Gasteiger partial charge in [0.1, 0.15) is 5.01 Å². The number of thiazole rings is 1. The van der Waals surface area contributed by atoms with E-state index in [0.29, 0.717) is 13.0 Å². The van der Waals surface area contributed by atoms with Gasteiger partial charge < -0.3 is 10.2 Å². The first-order valence-corrected chi connectivity index (χ1v) is 8.39. The largest absolute Gasteiger partial charge is 0.339 e. The zero-order valence-corrected chi connectivity index (χ0v) is 15.8. The predicted octanol–water partition coefficient (Wildman–Crippen LogP) is 3.29. The summed E-state index contributed by atoms with van der Waals surface area (Å²) < 4.78 is 0. The molecule has 2 rings (SSSR count). The lowest BCUT2D eigenvalue weighted by Gasteiger charge is -2.23. The van der Waals surface area contributed by atoms with Crippen LogP contribution in [0.4, 0.5) is 0 Å². The molecular weight excluding hydrogens is 341 g/mol. The van der Waals surface area contributed by atoms with Gasteiger partial charge in [-0.1, -0.05) is 6.92 Å². The van der Waals surface area contributed by atoms with E-state index < -0.39 is 0 Å². The second-order valence-corrected chi connectivity index (χ2v) is 6.76. The third-order valence-corrected chi connectivity index (χ3v) is 5.10. The maximum Gasteiger partial charge on any atom is 0.222 e. The fourth-order valence-corrected chi connectivity index (χ4v) is 3.48. The maximum atomic E-state index is 12.2. The fraction of sp³-hybridized carbons (Fsp3) is 0.733. The van der Waals surface area contributed by atoms with Crippen molar-refractivity contribution in [2.75, 3.05) is 20.1 Å². The summed E-state index contributed by atoms with van der Waals surface area (Å²) in [5.41, 5.74) is 0. The molecule has 0 aliphatic carbocycles. The number of hydrogen-bond donors (Lipinski definition) is 1. The lowest BCUT2D eigenvalue weighted by atomic mass is 9.93. The molecule has 0 unspecified atom stereocenters. The van der Waals surface area contributed by atoms with E-state index in [1.807, 2.05) is 18.1 Å². The Morgan fingerprint density at radius 2 is 2.09 bits per heavy atom. The third kappa shape index (κ3) is 6.82. The number of piperidine rings is 1. The standard InChI is InChI=1S/C15H25N3OS.2ClH/c1-3-13-10-17-14(20-13)11-18(2)15(19)5-4-12-6-8-16-9-7-12;;/h10,12,16H,3-9,11H2,1-2H3;2*1H. The summed E-state index contributed by atoms with van der Waals surface area (Å²) in [7, 11) is 1.89. The van der Waals surface area contributed by atoms with Gasteiger partial charge in [-0.2, -0.15) is 0 Å². The van der Waals surface area contributed by atoms with Crippen LogP contribution in [0.3, 0.4) is 0 Å². The Balaban J connectivity index is 0.00000220. The summed E-state index contributed by atoms with van der Waals surface area (Å²) in [5, 5.41) is 4.40. The molecule has 0 spiro atoms. The molecule has 1 N–H and O–H groups in total. The van der Waals surface area contributed by atoms with Crippen LogP contribution in [-0.2, 0) is 17.8 Å². The highest BCUT2D eigenvalue weighted by atomic mass is 35.5. The minimum absolute atomic E-state index is 0. The number of aryl methyl sites for hydroxylation is 1. The lowest BCUT2D eigenvalue weighted by molar-refractivity contribution is -0.130. The van der Waals surface area contributed by atoms with Crippen LogP contribution >= 0.6 is 36.2 Å². The first kappa shape index (κ1) is 21.6. The number of carbonyl (C=O) groups is 1. The highest BCUT2D eigenvalue weighted by molar-refractivity contribution is 7.11. The van der Waals surface area contributed by atoms with E-state index in [2.05, 4.69) is 17.2 Å². The summed E-state index contributed by atoms with van der Waals surface area (Å²) in [4.78, 5) is 19.6. The van der Waals surface area contributed by atoms with Gasteiger partial charge in [0.15, 0.2) is 0 Å². The Kier molecular flexibility index (Phi) is 11.0. The second kappa shape index (κ2) is 11.2. The summed E-state index contributed by atoms with van der Waals surface area (Å²) in [6.07, 6.45) is 7.07. The molecule has 1 aromatic rings. The third-order valence-electron chi connectivity index (χ3n) is 3.97. The van der Waals surface area contributed by atoms with Crippen molar-refractivity contribution in [3.05, 3.63) is 16.1 Å². The lowest BCUT2D eigenvalue weighted by Crippen LogP contribution is -2.30. The molecule has 0 radical (unpaired) electrons. The van der Waals surface area contributed by atoms with Crippen molar-refractivity contribution in [1.29, 1.82) is 0 Å². The molecule has 4 nitrogen and oxygen atoms in total. The Hall–Kier alpha value is -0.360. The van der Waals surface area contributed by atoms with Crippen molar-refractivity contribution in [3.8, 4) is 0 Å². The predicted molar refractivity (Wildman–Crippen MR) is 97.3 cm³/mol. The molecule has 1 saturated heterocycles. The number of nitrogens with one attached hydrogen (secondary N) is 1. The van der Waals surface area contributed by atoms with E-state index in [1.165, 1.54) is 17.7 Å². The van der Waals surface area contributed by atoms with E-state index in [0.717, 1.165) is 36.9 Å². The van der Waals surface area contributed by atoms with Gasteiger partial charge in [-0.05, 0) is 44.7 Å². The van der Waals surface area contributed by atoms with Crippen LogP contribution in [-0.4, -0.2) is 35.9 Å². The van der Waals surface area contributed by atoms with Gasteiger partial charge in [0.2, 0.25) is 5.91 Å². The first-order chi connectivity index (χ1) is 9.69. The number of amides is 1. The zero-order valence-electron chi connectivity index (χ0n) is 13.3. The van der Waals surface area contributed by atoms with Crippen molar-refractivity contribution < 1.29 is 4.79 Å². The minimum Gasteiger partial charge on any atom is -0.339 e. The van der Waals surface area contributed by atoms with Crippen LogP contribution in [0.1, 0.15) is 42.5 Å². The summed E-state index contributed by atoms with van der Waals surface area (Å²) in [5.74, 6) is 0.969. The van der Waals surface area contributed by atoms with Gasteiger partial charge in [0.25, 0.3) is 0 Å². The van der Waals surface area contributed by atoms with E-state index >= 15 is 0 Å². The molecule has 0 aromatic carbocycles. The second-order valence-electron chi connectivity index (χ2n) is 5.56. The van der Waals surface area contributed by atoms with Crippen LogP contribution in [0.25, 0.3) is 0 Å². The molecule has 0 atom stereocenters. The van der Waals surface area contributed by atoms with Crippen LogP contribution in [0.5, 0.6) is 0 Å². The average molecular weight is 368 g/mol. The van der Waals surface area contributed by atoms with E-state index in [1.54, 1.807) is 11.3 Å². The van der Waals surface area contributed by atoms with Crippen molar-refractivity contribution in [2.24, 2.45) is 5.92 Å². The average Bonchev–Trinajstić information content (AvgIpc) is 2.93. The van der Waals surface area contributed by atoms with Gasteiger partial charge in [-0.25, -0.2) is 4.98 Å². The Labute approximate surface area is 149 Å². The zero-order chi connectivity index (χ0) is 14.4. The Morgan fingerprint density at radius 1 is 1.41 bits per heavy atom. The molecule has 1 fully saturated rings. The highest BCUT2D eigenvalue weighted by Crippen LogP contribution is 2.19. The number of halogens is 2. The van der Waals surface area contributed by atoms with Crippen LogP contribution in [0.2, 0.25) is 0 Å². The molecule has 7 heteroatoms. The molecule has 0 bridgehead atoms. The van der Waals surface area contributed by atoms with E-state index in [4.69, 9.17) is 0 Å². The molecular formula is C15H27Cl2N3OS. The number of aromatic nitrogens is 1. The van der Waals surface area contributed by atoms with E-state index in [9.17, 15) is 4.79 Å². The molecule has 1 amide bonds. The van der Waals surface area contributed by atoms with Crippen molar-refractivity contribution in [1.82, 2.24) is 15.2 Å². The first-order valence-electron chi connectivity index (χ1n) is 7.57. The molecule has 1 aliphatic rings. The maximum absolute atomic E-state index is 12.2. The number of nitrogens with zero attached hydrogens (tertiary/aromatic N) is 2.